The Balaban J connectivity index is 1.33. The number of nitrogens with zero attached hydrogens (tertiary/aromatic N) is 9. The van der Waals surface area contributed by atoms with Gasteiger partial charge in [-0.1, -0.05) is 11.2 Å². The lowest BCUT2D eigenvalue weighted by Crippen LogP contribution is -2.47. The second-order valence-electron chi connectivity index (χ2n) is 9.06. The maximum Gasteiger partial charge on any atom is 0.470 e. The molecule has 1 aliphatic rings. The SMILES string of the molecule is CC(C)n1ncn(-c2ccc(-c3cnc(N4CCN(c5nnc(C(F)(F)F)o5)CC4)c(C#N)c3)cc2F)c1=O. The molecule has 0 aliphatic carbocycles. The fourth-order valence-electron chi connectivity index (χ4n) is 4.23. The Bertz CT molecular complexity index is 1610. The number of aromatic nitrogens is 6. The van der Waals surface area contributed by atoms with Gasteiger partial charge in [-0.05, 0) is 37.6 Å². The van der Waals surface area contributed by atoms with Gasteiger partial charge < -0.3 is 14.2 Å². The molecule has 0 unspecified atom stereocenters. The van der Waals surface area contributed by atoms with E-state index in [0.717, 1.165) is 4.57 Å². The second-order valence-corrected chi connectivity index (χ2v) is 9.06. The lowest BCUT2D eigenvalue weighted by molar-refractivity contribution is -0.157. The zero-order valence-electron chi connectivity index (χ0n) is 20.7. The van der Waals surface area contributed by atoms with Crippen LogP contribution in [0.5, 0.6) is 0 Å². The summed E-state index contributed by atoms with van der Waals surface area (Å²) in [7, 11) is 0. The van der Waals surface area contributed by atoms with Crippen LogP contribution in [0.25, 0.3) is 16.8 Å². The van der Waals surface area contributed by atoms with Crippen molar-refractivity contribution in [3.8, 4) is 22.9 Å². The highest BCUT2D eigenvalue weighted by molar-refractivity contribution is 5.69. The molecule has 4 heterocycles. The third-order valence-electron chi connectivity index (χ3n) is 6.22. The predicted octanol–water partition coefficient (Wildman–Crippen LogP) is 3.42. The number of nitriles is 1. The van der Waals surface area contributed by atoms with E-state index in [1.165, 1.54) is 34.2 Å². The first-order valence-electron chi connectivity index (χ1n) is 11.8. The van der Waals surface area contributed by atoms with Gasteiger partial charge in [-0.2, -0.15) is 23.5 Å². The van der Waals surface area contributed by atoms with Crippen molar-refractivity contribution >= 4 is 11.8 Å². The van der Waals surface area contributed by atoms with Crippen LogP contribution in [-0.2, 0) is 6.18 Å². The molecule has 15 heteroatoms. The van der Waals surface area contributed by atoms with Gasteiger partial charge in [0.2, 0.25) is 0 Å². The first-order chi connectivity index (χ1) is 18.6. The van der Waals surface area contributed by atoms with Gasteiger partial charge >= 0.3 is 23.8 Å². The van der Waals surface area contributed by atoms with Crippen molar-refractivity contribution in [1.82, 2.24) is 29.5 Å². The minimum absolute atomic E-state index is 0.0437. The molecule has 0 atom stereocenters. The summed E-state index contributed by atoms with van der Waals surface area (Å²) < 4.78 is 60.4. The summed E-state index contributed by atoms with van der Waals surface area (Å²) in [6, 6.07) is 7.61. The van der Waals surface area contributed by atoms with E-state index in [1.807, 2.05) is 4.90 Å². The average molecular weight is 543 g/mol. The number of anilines is 2. The monoisotopic (exact) mass is 543 g/mol. The minimum Gasteiger partial charge on any atom is -0.399 e. The molecule has 0 spiro atoms. The number of rotatable bonds is 5. The highest BCUT2D eigenvalue weighted by atomic mass is 19.4. The fraction of sp³-hybridized carbons (Fsp3) is 0.333. The van der Waals surface area contributed by atoms with Crippen LogP contribution in [0.15, 0.2) is 46.0 Å². The number of alkyl halides is 3. The smallest absolute Gasteiger partial charge is 0.399 e. The Morgan fingerprint density at radius 3 is 2.36 bits per heavy atom. The molecule has 0 bridgehead atoms. The lowest BCUT2D eigenvalue weighted by Gasteiger charge is -2.34. The summed E-state index contributed by atoms with van der Waals surface area (Å²) in [6.07, 6.45) is -1.95. The molecule has 0 radical (unpaired) electrons. The topological polar surface area (TPSA) is 122 Å². The van der Waals surface area contributed by atoms with Crippen LogP contribution in [-0.4, -0.2) is 55.7 Å². The van der Waals surface area contributed by atoms with Crippen LogP contribution in [0.4, 0.5) is 29.4 Å². The van der Waals surface area contributed by atoms with Crippen LogP contribution >= 0.6 is 0 Å². The molecule has 202 valence electrons. The Kier molecular flexibility index (Phi) is 6.54. The number of piperazine rings is 1. The summed E-state index contributed by atoms with van der Waals surface area (Å²) in [5.41, 5.74) is 0.779. The van der Waals surface area contributed by atoms with Gasteiger partial charge in [-0.3, -0.25) is 0 Å². The van der Waals surface area contributed by atoms with Crippen molar-refractivity contribution in [2.75, 3.05) is 36.0 Å². The van der Waals surface area contributed by atoms with Crippen molar-refractivity contribution in [3.05, 3.63) is 64.5 Å². The van der Waals surface area contributed by atoms with Crippen molar-refractivity contribution in [3.63, 3.8) is 0 Å². The van der Waals surface area contributed by atoms with Gasteiger partial charge in [0, 0.05) is 37.9 Å². The van der Waals surface area contributed by atoms with Crippen molar-refractivity contribution in [2.24, 2.45) is 0 Å². The molecule has 11 nitrogen and oxygen atoms in total. The molecule has 4 aromatic rings. The average Bonchev–Trinajstić information content (AvgIpc) is 3.56. The van der Waals surface area contributed by atoms with Crippen molar-refractivity contribution < 1.29 is 22.0 Å². The van der Waals surface area contributed by atoms with Gasteiger partial charge in [0.25, 0.3) is 0 Å². The van der Waals surface area contributed by atoms with Crippen molar-refractivity contribution in [1.29, 1.82) is 5.26 Å². The Hall–Kier alpha value is -4.74. The first-order valence-corrected chi connectivity index (χ1v) is 11.8. The highest BCUT2D eigenvalue weighted by Crippen LogP contribution is 2.31. The quantitative estimate of drug-likeness (QED) is 0.349. The summed E-state index contributed by atoms with van der Waals surface area (Å²) in [5, 5.41) is 20.3. The maximum atomic E-state index is 15.0. The van der Waals surface area contributed by atoms with Crippen LogP contribution in [0, 0.1) is 17.1 Å². The molecule has 0 N–H and O–H groups in total. The third-order valence-corrected chi connectivity index (χ3v) is 6.22. The molecule has 5 rings (SSSR count). The summed E-state index contributed by atoms with van der Waals surface area (Å²) in [5.74, 6) is -1.66. The van der Waals surface area contributed by atoms with Gasteiger partial charge in [-0.25, -0.2) is 23.4 Å². The zero-order chi connectivity index (χ0) is 27.9. The molecular weight excluding hydrogens is 522 g/mol. The number of halogens is 4. The molecular formula is C24H21F4N9O2. The Morgan fingerprint density at radius 2 is 1.77 bits per heavy atom. The molecule has 39 heavy (non-hydrogen) atoms. The number of benzene rings is 1. The number of pyridine rings is 1. The van der Waals surface area contributed by atoms with E-state index in [0.29, 0.717) is 30.0 Å². The van der Waals surface area contributed by atoms with E-state index in [4.69, 9.17) is 4.42 Å². The van der Waals surface area contributed by atoms with Gasteiger partial charge in [0.05, 0.1) is 17.3 Å². The minimum atomic E-state index is -4.72. The molecule has 1 fully saturated rings. The summed E-state index contributed by atoms with van der Waals surface area (Å²) >= 11 is 0. The second kappa shape index (κ2) is 9.86. The van der Waals surface area contributed by atoms with E-state index in [-0.39, 0.29) is 36.4 Å². The van der Waals surface area contributed by atoms with E-state index < -0.39 is 23.6 Å². The predicted molar refractivity (Wildman–Crippen MR) is 130 cm³/mol. The zero-order valence-corrected chi connectivity index (χ0v) is 20.7. The molecule has 1 aromatic carbocycles. The fourth-order valence-corrected chi connectivity index (χ4v) is 4.23. The molecule has 0 saturated carbocycles. The van der Waals surface area contributed by atoms with Crippen LogP contribution < -0.4 is 15.5 Å². The van der Waals surface area contributed by atoms with Crippen LogP contribution in [0.2, 0.25) is 0 Å². The molecule has 0 amide bonds. The first kappa shape index (κ1) is 25.9. The van der Waals surface area contributed by atoms with E-state index >= 15 is 4.39 Å². The maximum absolute atomic E-state index is 15.0. The normalized spacial score (nSPS) is 14.2. The lowest BCUT2D eigenvalue weighted by atomic mass is 10.0. The van der Waals surface area contributed by atoms with E-state index in [9.17, 15) is 23.2 Å². The Labute approximate surface area is 218 Å². The third kappa shape index (κ3) is 4.92. The highest BCUT2D eigenvalue weighted by Gasteiger charge is 2.39. The van der Waals surface area contributed by atoms with Gasteiger partial charge in [0.15, 0.2) is 0 Å². The molecule has 1 aliphatic heterocycles. The van der Waals surface area contributed by atoms with Gasteiger partial charge in [-0.15, -0.1) is 5.10 Å². The van der Waals surface area contributed by atoms with Crippen LogP contribution in [0.3, 0.4) is 0 Å². The number of hydrogen-bond donors (Lipinski definition) is 0. The van der Waals surface area contributed by atoms with Gasteiger partial charge in [0.1, 0.15) is 24.0 Å². The van der Waals surface area contributed by atoms with E-state index in [1.54, 1.807) is 26.0 Å². The Morgan fingerprint density at radius 1 is 1.05 bits per heavy atom. The molecule has 3 aromatic heterocycles. The summed E-state index contributed by atoms with van der Waals surface area (Å²) in [4.78, 5) is 20.3. The largest absolute Gasteiger partial charge is 0.470 e. The van der Waals surface area contributed by atoms with Crippen molar-refractivity contribution in [2.45, 2.75) is 26.1 Å². The van der Waals surface area contributed by atoms with Crippen LogP contribution in [0.1, 0.15) is 31.3 Å². The summed E-state index contributed by atoms with van der Waals surface area (Å²) in [6.45, 7) is 4.81. The molecule has 1 saturated heterocycles. The number of hydrogen-bond acceptors (Lipinski definition) is 9. The van der Waals surface area contributed by atoms with E-state index in [2.05, 4.69) is 26.3 Å². The standard InChI is InChI=1S/C24H21F4N9O2/c1-14(2)37-23(38)36(13-31-37)19-4-3-15(10-18(19)25)17-9-16(11-29)20(30-12-17)34-5-7-35(8-6-34)22-33-32-21(39-22)24(26,27)28/h3-4,9-10,12-14H,5-8H2,1-2H3.